The monoisotopic (exact) mass is 325 g/mol. The molecule has 7 nitrogen and oxygen atoms in total. The van der Waals surface area contributed by atoms with Crippen LogP contribution in [0.2, 0.25) is 0 Å². The van der Waals surface area contributed by atoms with Crippen LogP contribution in [0.15, 0.2) is 36.9 Å². The van der Waals surface area contributed by atoms with Crippen molar-refractivity contribution in [3.05, 3.63) is 42.5 Å². The van der Waals surface area contributed by atoms with Crippen molar-refractivity contribution in [2.45, 2.75) is 20.0 Å². The smallest absolute Gasteiger partial charge is 0.404 e. The number of carbonyl (C=O) groups excluding carboxylic acids is 1. The Morgan fingerprint density at radius 1 is 1.48 bits per heavy atom. The Hall–Kier alpha value is -2.54. The maximum atomic E-state index is 9.60. The number of nitrogens with two attached hydrogens (primary N) is 1. The van der Waals surface area contributed by atoms with E-state index < -0.39 is 12.1 Å². The van der Waals surface area contributed by atoms with Crippen molar-refractivity contribution >= 4 is 12.1 Å². The maximum absolute atomic E-state index is 9.60. The molecule has 1 aromatic rings. The molecule has 1 atom stereocenters. The second-order valence-electron chi connectivity index (χ2n) is 4.33. The third-order valence-corrected chi connectivity index (χ3v) is 2.38. The van der Waals surface area contributed by atoms with Gasteiger partial charge in [-0.05, 0) is 25.5 Å². The van der Waals surface area contributed by atoms with Gasteiger partial charge < -0.3 is 25.1 Å². The molecule has 2 rings (SSSR count). The van der Waals surface area contributed by atoms with Crippen LogP contribution in [0.1, 0.15) is 12.5 Å². The molecule has 23 heavy (non-hydrogen) atoms. The highest BCUT2D eigenvalue weighted by Gasteiger charge is 2.23. The maximum Gasteiger partial charge on any atom is 0.404 e. The minimum absolute atomic E-state index is 0.338. The van der Waals surface area contributed by atoms with Gasteiger partial charge in [0, 0.05) is 6.08 Å². The molecule has 0 spiro atoms. The van der Waals surface area contributed by atoms with Gasteiger partial charge in [-0.2, -0.15) is 0 Å². The average Bonchev–Trinajstić information content (AvgIpc) is 3.32. The van der Waals surface area contributed by atoms with Gasteiger partial charge in [-0.3, -0.25) is 0 Å². The fourth-order valence-electron chi connectivity index (χ4n) is 1.21. The quantitative estimate of drug-likeness (QED) is 0.633. The lowest BCUT2D eigenvalue weighted by Crippen LogP contribution is -2.11. The van der Waals surface area contributed by atoms with E-state index in [0.717, 1.165) is 18.4 Å². The van der Waals surface area contributed by atoms with Gasteiger partial charge in [-0.25, -0.2) is 9.59 Å². The highest BCUT2D eigenvalue weighted by Crippen LogP contribution is 2.18. The van der Waals surface area contributed by atoms with E-state index in [2.05, 4.69) is 17.0 Å². The van der Waals surface area contributed by atoms with E-state index in [1.807, 2.05) is 31.2 Å². The second kappa shape index (κ2) is 12.0. The zero-order valence-electron chi connectivity index (χ0n) is 13.4. The number of rotatable bonds is 5. The lowest BCUT2D eigenvalue weighted by atomic mass is 10.2. The van der Waals surface area contributed by atoms with Crippen molar-refractivity contribution < 1.29 is 28.9 Å². The number of benzene rings is 1. The van der Waals surface area contributed by atoms with Crippen molar-refractivity contribution in [1.29, 1.82) is 0 Å². The molecule has 1 amide bonds. The molecule has 1 saturated heterocycles. The third kappa shape index (κ3) is 12.9. The molecule has 0 bridgehead atoms. The summed E-state index contributed by atoms with van der Waals surface area (Å²) < 4.78 is 14.8. The van der Waals surface area contributed by atoms with E-state index in [1.54, 1.807) is 6.92 Å². The fraction of sp³-hybridized carbons (Fsp3) is 0.375. The Bertz CT molecular complexity index is 499. The number of primary amides is 1. The standard InChI is InChI=1S/C10H12O2.C3H7NO2.C3H4O2/c1-8-4-2-3-5-10(8)12-7-9-6-11-9;1-2-6-3(4)5;1-2-3(4)5/h2-5,9H,6-7H2,1H3;2H2,1H3,(H2,4,5);2H,1H2,(H,4,5). The Labute approximate surface area is 135 Å². The number of ether oxygens (including phenoxy) is 3. The van der Waals surface area contributed by atoms with Gasteiger partial charge in [0.25, 0.3) is 0 Å². The number of aryl methyl sites for hydroxylation is 1. The molecule has 0 radical (unpaired) electrons. The van der Waals surface area contributed by atoms with Crippen LogP contribution in [0.3, 0.4) is 0 Å². The molecular weight excluding hydrogens is 302 g/mol. The van der Waals surface area contributed by atoms with Crippen LogP contribution in [0, 0.1) is 6.92 Å². The highest BCUT2D eigenvalue weighted by atomic mass is 16.6. The van der Waals surface area contributed by atoms with Crippen LogP contribution in [0.4, 0.5) is 4.79 Å². The van der Waals surface area contributed by atoms with Gasteiger partial charge in [-0.1, -0.05) is 24.8 Å². The number of hydrogen-bond donors (Lipinski definition) is 2. The Morgan fingerprint density at radius 2 is 2.04 bits per heavy atom. The van der Waals surface area contributed by atoms with Crippen molar-refractivity contribution in [2.75, 3.05) is 19.8 Å². The minimum Gasteiger partial charge on any atom is -0.491 e. The molecule has 1 heterocycles. The van der Waals surface area contributed by atoms with Gasteiger partial charge in [-0.15, -0.1) is 0 Å². The summed E-state index contributed by atoms with van der Waals surface area (Å²) in [5.41, 5.74) is 5.72. The SMILES string of the molecule is C=CC(=O)O.CCOC(N)=O.Cc1ccccc1OCC1CO1. The van der Waals surface area contributed by atoms with E-state index in [1.165, 1.54) is 5.56 Å². The minimum atomic E-state index is -0.981. The van der Waals surface area contributed by atoms with E-state index in [-0.39, 0.29) is 0 Å². The number of carboxylic acids is 1. The largest absolute Gasteiger partial charge is 0.491 e. The number of para-hydroxylation sites is 1. The van der Waals surface area contributed by atoms with Crippen molar-refractivity contribution in [3.63, 3.8) is 0 Å². The summed E-state index contributed by atoms with van der Waals surface area (Å²) in [6.45, 7) is 8.60. The first-order chi connectivity index (χ1) is 10.9. The predicted molar refractivity (Wildman–Crippen MR) is 85.5 cm³/mol. The first kappa shape index (κ1) is 20.5. The van der Waals surface area contributed by atoms with Crippen LogP contribution < -0.4 is 10.5 Å². The van der Waals surface area contributed by atoms with Gasteiger partial charge in [0.1, 0.15) is 18.5 Å². The summed E-state index contributed by atoms with van der Waals surface area (Å²) in [6.07, 6.45) is 0.460. The predicted octanol–water partition coefficient (Wildman–Crippen LogP) is 2.13. The average molecular weight is 325 g/mol. The molecule has 0 saturated carbocycles. The van der Waals surface area contributed by atoms with Gasteiger partial charge in [0.2, 0.25) is 0 Å². The molecule has 1 aromatic carbocycles. The van der Waals surface area contributed by atoms with Gasteiger partial charge in [0.15, 0.2) is 0 Å². The fourth-order valence-corrected chi connectivity index (χ4v) is 1.21. The van der Waals surface area contributed by atoms with E-state index in [0.29, 0.717) is 19.3 Å². The summed E-state index contributed by atoms with van der Waals surface area (Å²) in [4.78, 5) is 18.8. The second-order valence-corrected chi connectivity index (χ2v) is 4.33. The first-order valence-electron chi connectivity index (χ1n) is 6.98. The van der Waals surface area contributed by atoms with Crippen molar-refractivity contribution in [1.82, 2.24) is 0 Å². The van der Waals surface area contributed by atoms with E-state index >= 15 is 0 Å². The summed E-state index contributed by atoms with van der Waals surface area (Å²) >= 11 is 0. The zero-order chi connectivity index (χ0) is 17.7. The van der Waals surface area contributed by atoms with E-state index in [4.69, 9.17) is 14.6 Å². The summed E-state index contributed by atoms with van der Waals surface area (Å²) in [6, 6.07) is 8.02. The number of carboxylic acid groups (broad SMARTS) is 1. The lowest BCUT2D eigenvalue weighted by molar-refractivity contribution is -0.131. The normalized spacial score (nSPS) is 14.1. The molecule has 3 N–H and O–H groups in total. The van der Waals surface area contributed by atoms with Crippen LogP contribution in [-0.2, 0) is 14.3 Å². The lowest BCUT2D eigenvalue weighted by Gasteiger charge is -2.06. The molecule has 1 unspecified atom stereocenters. The third-order valence-electron chi connectivity index (χ3n) is 2.38. The number of epoxide rings is 1. The molecule has 1 aliphatic rings. The topological polar surface area (TPSA) is 111 Å². The van der Waals surface area contributed by atoms with Crippen molar-refractivity contribution in [3.8, 4) is 5.75 Å². The number of hydrogen-bond acceptors (Lipinski definition) is 5. The molecule has 0 aliphatic carbocycles. The van der Waals surface area contributed by atoms with Crippen LogP contribution >= 0.6 is 0 Å². The Kier molecular flexibility index (Phi) is 10.7. The number of carbonyl (C=O) groups is 2. The van der Waals surface area contributed by atoms with Gasteiger partial charge >= 0.3 is 12.1 Å². The van der Waals surface area contributed by atoms with E-state index in [9.17, 15) is 9.59 Å². The summed E-state index contributed by atoms with van der Waals surface area (Å²) in [5.74, 6) is -0.0157. The highest BCUT2D eigenvalue weighted by molar-refractivity contribution is 5.78. The molecule has 128 valence electrons. The molecular formula is C16H23NO6. The zero-order valence-corrected chi connectivity index (χ0v) is 13.4. The summed E-state index contributed by atoms with van der Waals surface area (Å²) in [5, 5.41) is 7.60. The number of aliphatic carboxylic acids is 1. The van der Waals surface area contributed by atoms with Crippen LogP contribution in [-0.4, -0.2) is 43.1 Å². The van der Waals surface area contributed by atoms with Crippen LogP contribution in [0.5, 0.6) is 5.75 Å². The molecule has 0 aromatic heterocycles. The molecule has 1 aliphatic heterocycles. The summed E-state index contributed by atoms with van der Waals surface area (Å²) in [7, 11) is 0. The first-order valence-corrected chi connectivity index (χ1v) is 6.98. The van der Waals surface area contributed by atoms with Crippen LogP contribution in [0.25, 0.3) is 0 Å². The Balaban J connectivity index is 0.000000374. The molecule has 7 heteroatoms. The van der Waals surface area contributed by atoms with Gasteiger partial charge in [0.05, 0.1) is 13.2 Å². The molecule has 1 fully saturated rings. The Morgan fingerprint density at radius 3 is 2.39 bits per heavy atom. The van der Waals surface area contributed by atoms with Crippen molar-refractivity contribution in [2.24, 2.45) is 5.73 Å². The number of amides is 1.